The Morgan fingerprint density at radius 2 is 2.18 bits per heavy atom. The number of piperazine rings is 1. The number of hydrogen-bond acceptors (Lipinski definition) is 4. The predicted octanol–water partition coefficient (Wildman–Crippen LogP) is 2.19. The molecule has 1 N–H and O–H groups in total. The van der Waals surface area contributed by atoms with Gasteiger partial charge in [-0.2, -0.15) is 0 Å². The lowest BCUT2D eigenvalue weighted by molar-refractivity contribution is -0.128. The molecular formula is C16H21ClN2O3. The fraction of sp³-hybridized carbons (Fsp3) is 0.438. The van der Waals surface area contributed by atoms with Gasteiger partial charge in [0.2, 0.25) is 5.91 Å². The summed E-state index contributed by atoms with van der Waals surface area (Å²) >= 11 is 6.16. The van der Waals surface area contributed by atoms with Crippen molar-refractivity contribution in [3.63, 3.8) is 0 Å². The van der Waals surface area contributed by atoms with Gasteiger partial charge in [0.15, 0.2) is 11.5 Å². The molecule has 0 bridgehead atoms. The van der Waals surface area contributed by atoms with Crippen LogP contribution in [-0.2, 0) is 4.79 Å². The summed E-state index contributed by atoms with van der Waals surface area (Å²) in [6, 6.07) is 3.73. The number of hydrogen-bond donors (Lipinski definition) is 1. The summed E-state index contributed by atoms with van der Waals surface area (Å²) in [5, 5.41) is 3.71. The zero-order chi connectivity index (χ0) is 16.1. The first-order valence-corrected chi connectivity index (χ1v) is 7.55. The zero-order valence-electron chi connectivity index (χ0n) is 13.1. The van der Waals surface area contributed by atoms with Crippen LogP contribution in [0.15, 0.2) is 18.2 Å². The van der Waals surface area contributed by atoms with E-state index in [9.17, 15) is 4.79 Å². The second kappa shape index (κ2) is 7.51. The highest BCUT2D eigenvalue weighted by atomic mass is 35.5. The van der Waals surface area contributed by atoms with Gasteiger partial charge in [-0.1, -0.05) is 11.6 Å². The van der Waals surface area contributed by atoms with Crippen molar-refractivity contribution in [3.05, 3.63) is 28.8 Å². The average molecular weight is 325 g/mol. The largest absolute Gasteiger partial charge is 0.493 e. The summed E-state index contributed by atoms with van der Waals surface area (Å²) in [6.07, 6.45) is 3.31. The number of carbonyl (C=O) groups is 1. The molecule has 22 heavy (non-hydrogen) atoms. The molecular weight excluding hydrogens is 304 g/mol. The molecule has 1 saturated heterocycles. The van der Waals surface area contributed by atoms with Crippen LogP contribution in [-0.4, -0.2) is 50.7 Å². The fourth-order valence-electron chi connectivity index (χ4n) is 2.47. The topological polar surface area (TPSA) is 50.8 Å². The summed E-state index contributed by atoms with van der Waals surface area (Å²) in [6.45, 7) is 4.40. The van der Waals surface area contributed by atoms with Crippen LogP contribution in [0.3, 0.4) is 0 Å². The second-order valence-corrected chi connectivity index (χ2v) is 5.56. The van der Waals surface area contributed by atoms with Crippen molar-refractivity contribution in [2.75, 3.05) is 33.9 Å². The summed E-state index contributed by atoms with van der Waals surface area (Å²) in [5.41, 5.74) is 0.791. The van der Waals surface area contributed by atoms with E-state index in [0.29, 0.717) is 16.5 Å². The molecule has 6 heteroatoms. The lowest BCUT2D eigenvalue weighted by atomic mass is 10.1. The van der Waals surface area contributed by atoms with Gasteiger partial charge in [0, 0.05) is 31.8 Å². The standard InChI is InChI=1S/C16H21ClN2O3/c1-11-10-18-6-7-19(11)15(20)5-4-12-8-13(17)16(22-3)14(9-12)21-2/h4-5,8-9,11,18H,6-7,10H2,1-3H3/b5-4+. The van der Waals surface area contributed by atoms with E-state index in [-0.39, 0.29) is 11.9 Å². The Labute approximate surface area is 135 Å². The maximum Gasteiger partial charge on any atom is 0.246 e. The molecule has 1 amide bonds. The van der Waals surface area contributed by atoms with Crippen LogP contribution >= 0.6 is 11.6 Å². The Bertz CT molecular complexity index is 575. The maximum atomic E-state index is 12.3. The number of amides is 1. The van der Waals surface area contributed by atoms with Gasteiger partial charge in [0.1, 0.15) is 0 Å². The van der Waals surface area contributed by atoms with E-state index in [4.69, 9.17) is 21.1 Å². The predicted molar refractivity (Wildman–Crippen MR) is 87.6 cm³/mol. The Morgan fingerprint density at radius 1 is 1.41 bits per heavy atom. The highest BCUT2D eigenvalue weighted by Gasteiger charge is 2.21. The third-order valence-corrected chi connectivity index (χ3v) is 3.94. The van der Waals surface area contributed by atoms with E-state index in [0.717, 1.165) is 25.2 Å². The van der Waals surface area contributed by atoms with Crippen LogP contribution in [0.5, 0.6) is 11.5 Å². The van der Waals surface area contributed by atoms with Crippen molar-refractivity contribution in [2.24, 2.45) is 0 Å². The Balaban J connectivity index is 2.15. The average Bonchev–Trinajstić information content (AvgIpc) is 2.52. The van der Waals surface area contributed by atoms with Crippen LogP contribution < -0.4 is 14.8 Å². The molecule has 2 rings (SSSR count). The monoisotopic (exact) mass is 324 g/mol. The Kier molecular flexibility index (Phi) is 5.69. The van der Waals surface area contributed by atoms with Crippen LogP contribution in [0.2, 0.25) is 5.02 Å². The molecule has 1 aliphatic heterocycles. The molecule has 1 fully saturated rings. The molecule has 0 spiro atoms. The second-order valence-electron chi connectivity index (χ2n) is 5.16. The van der Waals surface area contributed by atoms with E-state index >= 15 is 0 Å². The van der Waals surface area contributed by atoms with Crippen LogP contribution in [0.25, 0.3) is 6.08 Å². The number of nitrogens with zero attached hydrogens (tertiary/aromatic N) is 1. The van der Waals surface area contributed by atoms with E-state index < -0.39 is 0 Å². The van der Waals surface area contributed by atoms with E-state index in [1.165, 1.54) is 7.11 Å². The number of benzene rings is 1. The first kappa shape index (κ1) is 16.6. The van der Waals surface area contributed by atoms with Crippen molar-refractivity contribution in [2.45, 2.75) is 13.0 Å². The van der Waals surface area contributed by atoms with Gasteiger partial charge >= 0.3 is 0 Å². The minimum absolute atomic E-state index is 0.0000858. The summed E-state index contributed by atoms with van der Waals surface area (Å²) in [7, 11) is 3.09. The molecule has 120 valence electrons. The van der Waals surface area contributed by atoms with Gasteiger partial charge < -0.3 is 19.7 Å². The fourth-order valence-corrected chi connectivity index (χ4v) is 2.76. The van der Waals surface area contributed by atoms with Gasteiger partial charge in [-0.25, -0.2) is 0 Å². The lowest BCUT2D eigenvalue weighted by Gasteiger charge is -2.33. The lowest BCUT2D eigenvalue weighted by Crippen LogP contribution is -2.51. The van der Waals surface area contributed by atoms with Gasteiger partial charge in [0.25, 0.3) is 0 Å². The third-order valence-electron chi connectivity index (χ3n) is 3.66. The van der Waals surface area contributed by atoms with Crippen LogP contribution in [0.4, 0.5) is 0 Å². The molecule has 1 aromatic rings. The van der Waals surface area contributed by atoms with Gasteiger partial charge in [-0.05, 0) is 30.7 Å². The molecule has 0 aromatic heterocycles. The molecule has 1 aromatic carbocycles. The molecule has 5 nitrogen and oxygen atoms in total. The zero-order valence-corrected chi connectivity index (χ0v) is 13.8. The molecule has 1 heterocycles. The molecule has 1 atom stereocenters. The minimum Gasteiger partial charge on any atom is -0.493 e. The minimum atomic E-state index is -0.0000858. The van der Waals surface area contributed by atoms with Crippen molar-refractivity contribution in [1.82, 2.24) is 10.2 Å². The summed E-state index contributed by atoms with van der Waals surface area (Å²) in [4.78, 5) is 14.1. The van der Waals surface area contributed by atoms with E-state index in [1.807, 2.05) is 11.8 Å². The summed E-state index contributed by atoms with van der Waals surface area (Å²) in [5.74, 6) is 1.03. The first-order chi connectivity index (χ1) is 10.6. The third kappa shape index (κ3) is 3.72. The van der Waals surface area contributed by atoms with Crippen LogP contribution in [0, 0.1) is 0 Å². The maximum absolute atomic E-state index is 12.3. The SMILES string of the molecule is COc1cc(/C=C/C(=O)N2CCNCC2C)cc(Cl)c1OC. The molecule has 0 saturated carbocycles. The number of nitrogens with one attached hydrogen (secondary N) is 1. The molecule has 0 radical (unpaired) electrons. The number of halogens is 1. The smallest absolute Gasteiger partial charge is 0.246 e. The quantitative estimate of drug-likeness (QED) is 0.863. The summed E-state index contributed by atoms with van der Waals surface area (Å²) < 4.78 is 10.4. The molecule has 0 aliphatic carbocycles. The van der Waals surface area contributed by atoms with Crippen molar-refractivity contribution in [3.8, 4) is 11.5 Å². The Morgan fingerprint density at radius 3 is 2.82 bits per heavy atom. The number of rotatable bonds is 4. The van der Waals surface area contributed by atoms with Gasteiger partial charge in [0.05, 0.1) is 19.2 Å². The van der Waals surface area contributed by atoms with Crippen molar-refractivity contribution >= 4 is 23.6 Å². The van der Waals surface area contributed by atoms with Gasteiger partial charge in [-0.15, -0.1) is 0 Å². The normalized spacial score (nSPS) is 18.5. The Hall–Kier alpha value is -1.72. The molecule has 1 aliphatic rings. The highest BCUT2D eigenvalue weighted by Crippen LogP contribution is 2.36. The number of methoxy groups -OCH3 is 2. The van der Waals surface area contributed by atoms with E-state index in [1.54, 1.807) is 31.4 Å². The van der Waals surface area contributed by atoms with Gasteiger partial charge in [-0.3, -0.25) is 4.79 Å². The van der Waals surface area contributed by atoms with Crippen molar-refractivity contribution in [1.29, 1.82) is 0 Å². The highest BCUT2D eigenvalue weighted by molar-refractivity contribution is 6.32. The van der Waals surface area contributed by atoms with Crippen molar-refractivity contribution < 1.29 is 14.3 Å². The first-order valence-electron chi connectivity index (χ1n) is 7.17. The number of carbonyl (C=O) groups excluding carboxylic acids is 1. The van der Waals surface area contributed by atoms with Crippen LogP contribution in [0.1, 0.15) is 12.5 Å². The van der Waals surface area contributed by atoms with E-state index in [2.05, 4.69) is 5.32 Å². The molecule has 1 unspecified atom stereocenters. The number of ether oxygens (including phenoxy) is 2.